The summed E-state index contributed by atoms with van der Waals surface area (Å²) in [4.78, 5) is 0. The van der Waals surface area contributed by atoms with E-state index in [9.17, 15) is 13.9 Å². The molecule has 1 aromatic rings. The third-order valence-electron chi connectivity index (χ3n) is 2.69. The lowest BCUT2D eigenvalue weighted by molar-refractivity contribution is 0.133. The summed E-state index contributed by atoms with van der Waals surface area (Å²) in [6, 6.07) is 3.35. The number of halogens is 2. The van der Waals surface area contributed by atoms with Crippen LogP contribution in [0.15, 0.2) is 18.2 Å². The van der Waals surface area contributed by atoms with Gasteiger partial charge in [-0.2, -0.15) is 0 Å². The van der Waals surface area contributed by atoms with E-state index in [-0.39, 0.29) is 12.0 Å². The average Bonchev–Trinajstić information content (AvgIpc) is 2.16. The quantitative estimate of drug-likeness (QED) is 0.831. The molecule has 90 valence electrons. The van der Waals surface area contributed by atoms with Crippen molar-refractivity contribution in [1.82, 2.24) is 0 Å². The highest BCUT2D eigenvalue weighted by Gasteiger charge is 2.20. The van der Waals surface area contributed by atoms with Crippen LogP contribution in [0.25, 0.3) is 0 Å². The van der Waals surface area contributed by atoms with Crippen LogP contribution < -0.4 is 5.73 Å². The molecule has 0 aliphatic rings. The van der Waals surface area contributed by atoms with Gasteiger partial charge < -0.3 is 10.8 Å². The molecule has 0 aromatic heterocycles. The fourth-order valence-electron chi connectivity index (χ4n) is 1.68. The van der Waals surface area contributed by atoms with Gasteiger partial charge in [-0.1, -0.05) is 13.0 Å². The van der Waals surface area contributed by atoms with Crippen molar-refractivity contribution in [2.75, 3.05) is 0 Å². The van der Waals surface area contributed by atoms with Crippen LogP contribution in [-0.4, -0.2) is 17.3 Å². The van der Waals surface area contributed by atoms with Crippen LogP contribution in [0.3, 0.4) is 0 Å². The maximum absolute atomic E-state index is 13.4. The molecule has 16 heavy (non-hydrogen) atoms. The Morgan fingerprint density at radius 3 is 2.19 bits per heavy atom. The van der Waals surface area contributed by atoms with Crippen molar-refractivity contribution in [2.45, 2.75) is 38.3 Å². The Hall–Kier alpha value is -1.00. The van der Waals surface area contributed by atoms with Gasteiger partial charge in [0.05, 0.1) is 6.10 Å². The number of benzene rings is 1. The topological polar surface area (TPSA) is 46.2 Å². The summed E-state index contributed by atoms with van der Waals surface area (Å²) in [5.41, 5.74) is 5.52. The molecular formula is C12H17F2NO. The van der Waals surface area contributed by atoms with Crippen LogP contribution in [0.5, 0.6) is 0 Å². The van der Waals surface area contributed by atoms with Crippen LogP contribution in [-0.2, 0) is 0 Å². The van der Waals surface area contributed by atoms with Gasteiger partial charge in [0.15, 0.2) is 0 Å². The summed E-state index contributed by atoms with van der Waals surface area (Å²) >= 11 is 0. The number of aliphatic hydroxyl groups excluding tert-OH is 1. The molecule has 3 N–H and O–H groups in total. The smallest absolute Gasteiger partial charge is 0.129 e. The molecule has 0 radical (unpaired) electrons. The fraction of sp³-hybridized carbons (Fsp3) is 0.500. The molecule has 0 bridgehead atoms. The molecule has 2 nitrogen and oxygen atoms in total. The summed E-state index contributed by atoms with van der Waals surface area (Å²) < 4.78 is 26.8. The molecule has 4 heteroatoms. The van der Waals surface area contributed by atoms with Gasteiger partial charge in [-0.15, -0.1) is 0 Å². The monoisotopic (exact) mass is 229 g/mol. The molecule has 1 rings (SSSR count). The number of hydrogen-bond donors (Lipinski definition) is 2. The predicted molar refractivity (Wildman–Crippen MR) is 59.0 cm³/mol. The summed E-state index contributed by atoms with van der Waals surface area (Å²) in [5.74, 6) is -1.56. The van der Waals surface area contributed by atoms with Gasteiger partial charge >= 0.3 is 0 Å². The number of aliphatic hydroxyl groups is 1. The second-order valence-electron chi connectivity index (χ2n) is 4.20. The van der Waals surface area contributed by atoms with E-state index in [1.165, 1.54) is 18.2 Å². The first-order valence-corrected chi connectivity index (χ1v) is 5.31. The van der Waals surface area contributed by atoms with E-state index >= 15 is 0 Å². The molecule has 0 saturated heterocycles. The summed E-state index contributed by atoms with van der Waals surface area (Å²) in [7, 11) is 0. The molecule has 3 unspecified atom stereocenters. The molecule has 0 amide bonds. The Labute approximate surface area is 94.1 Å². The predicted octanol–water partition coefficient (Wildman–Crippen LogP) is 2.17. The molecular weight excluding hydrogens is 212 g/mol. The Morgan fingerprint density at radius 1 is 1.25 bits per heavy atom. The standard InChI is InChI=1S/C12H17F2NO/c1-7(6-11(16)8(2)15)12-9(13)4-3-5-10(12)14/h3-5,7-8,11,16H,6,15H2,1-2H3. The minimum absolute atomic E-state index is 0.0159. The lowest BCUT2D eigenvalue weighted by atomic mass is 9.92. The Morgan fingerprint density at radius 2 is 1.75 bits per heavy atom. The highest BCUT2D eigenvalue weighted by molar-refractivity contribution is 5.23. The first kappa shape index (κ1) is 13.1. The van der Waals surface area contributed by atoms with Gasteiger partial charge in [0.2, 0.25) is 0 Å². The second kappa shape index (κ2) is 5.37. The van der Waals surface area contributed by atoms with Gasteiger partial charge in [-0.05, 0) is 31.4 Å². The third-order valence-corrected chi connectivity index (χ3v) is 2.69. The normalized spacial score (nSPS) is 16.9. The van der Waals surface area contributed by atoms with E-state index in [4.69, 9.17) is 5.73 Å². The zero-order valence-electron chi connectivity index (χ0n) is 9.45. The SMILES string of the molecule is CC(CC(O)C(C)N)c1c(F)cccc1F. The van der Waals surface area contributed by atoms with Crippen molar-refractivity contribution in [3.63, 3.8) is 0 Å². The Balaban J connectivity index is 2.84. The Kier molecular flexibility index (Phi) is 4.38. The van der Waals surface area contributed by atoms with Gasteiger partial charge in [0.25, 0.3) is 0 Å². The van der Waals surface area contributed by atoms with E-state index in [2.05, 4.69) is 0 Å². The molecule has 3 atom stereocenters. The lowest BCUT2D eigenvalue weighted by Crippen LogP contribution is -2.32. The van der Waals surface area contributed by atoms with Crippen molar-refractivity contribution in [1.29, 1.82) is 0 Å². The molecule has 0 aliphatic carbocycles. The summed E-state index contributed by atoms with van der Waals surface area (Å²) in [6.45, 7) is 3.34. The van der Waals surface area contributed by atoms with E-state index < -0.39 is 29.7 Å². The molecule has 1 aromatic carbocycles. The van der Waals surface area contributed by atoms with Crippen molar-refractivity contribution in [3.8, 4) is 0 Å². The minimum Gasteiger partial charge on any atom is -0.392 e. The molecule has 0 aliphatic heterocycles. The van der Waals surface area contributed by atoms with Crippen molar-refractivity contribution in [2.24, 2.45) is 5.73 Å². The summed E-state index contributed by atoms with van der Waals surface area (Å²) in [5, 5.41) is 9.57. The van der Waals surface area contributed by atoms with Crippen LogP contribution in [0.2, 0.25) is 0 Å². The summed E-state index contributed by atoms with van der Waals surface area (Å²) in [6.07, 6.45) is -0.510. The number of hydrogen-bond acceptors (Lipinski definition) is 2. The highest BCUT2D eigenvalue weighted by atomic mass is 19.1. The number of nitrogens with two attached hydrogens (primary N) is 1. The van der Waals surface area contributed by atoms with Gasteiger partial charge in [0.1, 0.15) is 11.6 Å². The first-order chi connectivity index (χ1) is 7.43. The van der Waals surface area contributed by atoms with Gasteiger partial charge in [-0.3, -0.25) is 0 Å². The molecule has 0 fully saturated rings. The zero-order valence-corrected chi connectivity index (χ0v) is 9.45. The molecule has 0 heterocycles. The maximum Gasteiger partial charge on any atom is 0.129 e. The first-order valence-electron chi connectivity index (χ1n) is 5.31. The van der Waals surface area contributed by atoms with Gasteiger partial charge in [0, 0.05) is 11.6 Å². The second-order valence-corrected chi connectivity index (χ2v) is 4.20. The third kappa shape index (κ3) is 3.00. The van der Waals surface area contributed by atoms with E-state index in [0.717, 1.165) is 0 Å². The molecule has 0 saturated carbocycles. The van der Waals surface area contributed by atoms with E-state index in [1.54, 1.807) is 13.8 Å². The Bertz CT molecular complexity index is 335. The van der Waals surface area contributed by atoms with Crippen molar-refractivity contribution < 1.29 is 13.9 Å². The van der Waals surface area contributed by atoms with Crippen molar-refractivity contribution >= 4 is 0 Å². The van der Waals surface area contributed by atoms with Crippen LogP contribution in [0, 0.1) is 11.6 Å². The lowest BCUT2D eigenvalue weighted by Gasteiger charge is -2.20. The molecule has 0 spiro atoms. The van der Waals surface area contributed by atoms with Crippen LogP contribution in [0.4, 0.5) is 8.78 Å². The fourth-order valence-corrected chi connectivity index (χ4v) is 1.68. The number of rotatable bonds is 4. The highest BCUT2D eigenvalue weighted by Crippen LogP contribution is 2.26. The minimum atomic E-state index is -0.756. The maximum atomic E-state index is 13.4. The van der Waals surface area contributed by atoms with Crippen LogP contribution in [0.1, 0.15) is 31.7 Å². The zero-order chi connectivity index (χ0) is 12.3. The van der Waals surface area contributed by atoms with E-state index in [0.29, 0.717) is 0 Å². The van der Waals surface area contributed by atoms with Crippen LogP contribution >= 0.6 is 0 Å². The van der Waals surface area contributed by atoms with E-state index in [1.807, 2.05) is 0 Å². The largest absolute Gasteiger partial charge is 0.392 e. The van der Waals surface area contributed by atoms with Gasteiger partial charge in [-0.25, -0.2) is 8.78 Å². The van der Waals surface area contributed by atoms with Crippen molar-refractivity contribution in [3.05, 3.63) is 35.4 Å². The average molecular weight is 229 g/mol.